The van der Waals surface area contributed by atoms with Crippen molar-refractivity contribution in [1.29, 1.82) is 0 Å². The number of aromatic amines is 1. The number of aryl methyl sites for hydroxylation is 1. The molecule has 506 valence electrons. The molecule has 1 aromatic heterocycles. The van der Waals surface area contributed by atoms with E-state index in [1.54, 1.807) is 62.4 Å². The van der Waals surface area contributed by atoms with E-state index >= 15 is 4.79 Å². The highest BCUT2D eigenvalue weighted by Crippen LogP contribution is 2.58. The van der Waals surface area contributed by atoms with Crippen LogP contribution in [-0.2, 0) is 54.3 Å². The van der Waals surface area contributed by atoms with Gasteiger partial charge in [-0.1, -0.05) is 166 Å². The fraction of sp³-hybridized carbons (Fsp3) is 0.438. The number of nitrogens with one attached hydrogen (secondary N) is 2. The zero-order valence-electron chi connectivity index (χ0n) is 55.3. The van der Waals surface area contributed by atoms with E-state index in [4.69, 9.17) is 14.2 Å². The molecule has 3 saturated carbocycles. The van der Waals surface area contributed by atoms with Crippen molar-refractivity contribution in [2.75, 3.05) is 44.8 Å². The number of phenols is 2. The quantitative estimate of drug-likeness (QED) is 0.0357. The Morgan fingerprint density at radius 3 is 2.34 bits per heavy atom. The van der Waals surface area contributed by atoms with Crippen molar-refractivity contribution < 1.29 is 49.6 Å². The number of hydrogen-bond donors (Lipinski definition) is 8. The van der Waals surface area contributed by atoms with Crippen molar-refractivity contribution in [2.45, 2.75) is 144 Å². The number of carbonyl (C=O) groups is 1. The summed E-state index contributed by atoms with van der Waals surface area (Å²) in [6.07, 6.45) is 12.2. The number of aromatic nitrogens is 1. The van der Waals surface area contributed by atoms with Gasteiger partial charge in [0.05, 0.1) is 36.6 Å². The number of phenolic OH excluding ortho intramolecular Hbond substituents is 2. The van der Waals surface area contributed by atoms with Gasteiger partial charge >= 0.3 is 0 Å². The van der Waals surface area contributed by atoms with Gasteiger partial charge in [0, 0.05) is 64.9 Å². The lowest BCUT2D eigenvalue weighted by atomic mass is 9.52. The van der Waals surface area contributed by atoms with Gasteiger partial charge in [-0.2, -0.15) is 0 Å². The van der Waals surface area contributed by atoms with Crippen molar-refractivity contribution in [3.63, 3.8) is 0 Å². The molecule has 12 atom stereocenters. The van der Waals surface area contributed by atoms with Gasteiger partial charge in [0.25, 0.3) is 0 Å². The Balaban J connectivity index is 0.989. The highest BCUT2D eigenvalue weighted by Gasteiger charge is 2.62. The molecule has 12 nitrogen and oxygen atoms in total. The summed E-state index contributed by atoms with van der Waals surface area (Å²) in [7, 11) is 10.2. The lowest BCUT2D eigenvalue weighted by Gasteiger charge is -2.53. The van der Waals surface area contributed by atoms with E-state index in [2.05, 4.69) is 102 Å². The van der Waals surface area contributed by atoms with Crippen molar-refractivity contribution >= 4 is 59.7 Å². The monoisotopic (exact) mass is 1370 g/mol. The van der Waals surface area contributed by atoms with Crippen molar-refractivity contribution in [3.8, 4) is 28.7 Å². The molecule has 7 aromatic carbocycles. The number of aromatic hydroxyl groups is 2. The predicted molar refractivity (Wildman–Crippen MR) is 391 cm³/mol. The van der Waals surface area contributed by atoms with Crippen LogP contribution < -0.4 is 19.5 Å². The van der Waals surface area contributed by atoms with Gasteiger partial charge in [-0.25, -0.2) is 0 Å². The molecule has 8 aromatic rings. The molecule has 2 aliphatic heterocycles. The molecule has 0 amide bonds. The summed E-state index contributed by atoms with van der Waals surface area (Å²) in [6.45, 7) is 1.41. The summed E-state index contributed by atoms with van der Waals surface area (Å²) in [5, 5.41) is 80.4. The number of fused-ring (bicyclic) bond motifs is 5. The zero-order chi connectivity index (χ0) is 66.5. The third kappa shape index (κ3) is 13.9. The molecule has 13 rings (SSSR count). The zero-order valence-corrected chi connectivity index (χ0v) is 58.6. The van der Waals surface area contributed by atoms with Gasteiger partial charge < -0.3 is 55.2 Å². The number of Topliss-reactive ketones (excluding diaryl/α,β-unsaturated/α-hetero) is 1. The second-order valence-electron chi connectivity index (χ2n) is 27.6. The van der Waals surface area contributed by atoms with Crippen LogP contribution in [0.4, 0.5) is 0 Å². The highest BCUT2D eigenvalue weighted by molar-refractivity contribution is 8.77. The first-order valence-electron chi connectivity index (χ1n) is 34.6. The number of ketones is 1. The lowest BCUT2D eigenvalue weighted by molar-refractivity contribution is -0.150. The second kappa shape index (κ2) is 30.6. The number of aliphatic hydroxyl groups excluding tert-OH is 4. The van der Waals surface area contributed by atoms with E-state index in [1.165, 1.54) is 16.7 Å². The van der Waals surface area contributed by atoms with E-state index in [-0.39, 0.29) is 48.2 Å². The van der Waals surface area contributed by atoms with Crippen LogP contribution in [0, 0.1) is 29.6 Å². The maximum Gasteiger partial charge on any atom is 0.186 e. The van der Waals surface area contributed by atoms with Gasteiger partial charge in [0.1, 0.15) is 11.9 Å². The number of aliphatic hydroxyl groups is 4. The normalized spacial score (nSPS) is 27.3. The molecule has 0 spiro atoms. The Hall–Kier alpha value is -6.05. The number of rotatable bonds is 15. The van der Waals surface area contributed by atoms with E-state index in [0.717, 1.165) is 132 Å². The summed E-state index contributed by atoms with van der Waals surface area (Å²) in [6, 6.07) is 47.1. The average Bonchev–Trinajstić information content (AvgIpc) is 0.747. The van der Waals surface area contributed by atoms with Crippen LogP contribution in [-0.4, -0.2) is 105 Å². The molecule has 3 aliphatic carbocycles. The molecular weight excluding hydrogens is 1280 g/mol. The summed E-state index contributed by atoms with van der Waals surface area (Å²) in [5.74, 6) is -0.0958. The molecule has 2 bridgehead atoms. The van der Waals surface area contributed by atoms with Crippen LogP contribution in [0.15, 0.2) is 152 Å². The van der Waals surface area contributed by atoms with Gasteiger partial charge in [0.2, 0.25) is 0 Å². The molecule has 16 heteroatoms. The topological polar surface area (TPSA) is 194 Å². The Morgan fingerprint density at radius 1 is 0.750 bits per heavy atom. The number of hydrogen-bond acceptors (Lipinski definition) is 15. The Kier molecular flexibility index (Phi) is 21.8. The first-order chi connectivity index (χ1) is 46.9. The molecule has 12 unspecified atom stereocenters. The van der Waals surface area contributed by atoms with E-state index in [0.29, 0.717) is 53.6 Å². The van der Waals surface area contributed by atoms with Crippen LogP contribution in [0.3, 0.4) is 0 Å². The van der Waals surface area contributed by atoms with E-state index in [9.17, 15) is 30.6 Å². The Labute approximate surface area is 581 Å². The van der Waals surface area contributed by atoms with Crippen LogP contribution in [0.1, 0.15) is 143 Å². The average molecular weight is 1370 g/mol. The minimum absolute atomic E-state index is 0.00365. The Morgan fingerprint density at radius 2 is 1.55 bits per heavy atom. The number of ether oxygens (including phenoxy) is 3. The summed E-state index contributed by atoms with van der Waals surface area (Å²) in [5.41, 5.74) is 9.31. The fourth-order valence-corrected chi connectivity index (χ4v) is 23.2. The first kappa shape index (κ1) is 68.5. The van der Waals surface area contributed by atoms with Gasteiger partial charge in [-0.05, 0) is 210 Å². The van der Waals surface area contributed by atoms with Crippen molar-refractivity contribution in [3.05, 3.63) is 219 Å². The number of carbonyl (C=O) groups excluding carboxylic acids is 1. The number of methoxy groups -OCH3 is 1. The smallest absolute Gasteiger partial charge is 0.186 e. The van der Waals surface area contributed by atoms with Crippen LogP contribution in [0.2, 0.25) is 0 Å². The summed E-state index contributed by atoms with van der Waals surface area (Å²) in [4.78, 5) is 21.3. The fourth-order valence-electron chi connectivity index (χ4n) is 17.5. The SMILES string of the molecule is CCc1ccc2cccc3c2c1Cc1c(ccc(O)c1OC)CC(Cc1cc[nH]c1)C(O)C1C(=O)C(c2cc(O)cc(C4(NC)CCCC(Cc5ccccc5Cc5ccccc5)C4)c2)(C2CSSCC4CCCCC4Oc4cc2ccc4OCO)C(O)CC1CSSC3CO. The van der Waals surface area contributed by atoms with Gasteiger partial charge in [-0.15, -0.1) is 0 Å². The van der Waals surface area contributed by atoms with Crippen molar-refractivity contribution in [1.82, 2.24) is 10.3 Å². The minimum atomic E-state index is -1.80. The van der Waals surface area contributed by atoms with Crippen LogP contribution >= 0.6 is 43.2 Å². The van der Waals surface area contributed by atoms with Crippen LogP contribution in [0.5, 0.6) is 28.7 Å². The predicted octanol–water partition coefficient (Wildman–Crippen LogP) is 15.3. The molecule has 0 radical (unpaired) electrons. The van der Waals surface area contributed by atoms with E-state index in [1.807, 2.05) is 61.9 Å². The third-order valence-corrected chi connectivity index (χ3v) is 27.7. The summed E-state index contributed by atoms with van der Waals surface area (Å²) >= 11 is 0. The van der Waals surface area contributed by atoms with Crippen LogP contribution in [0.25, 0.3) is 10.8 Å². The van der Waals surface area contributed by atoms with E-state index < -0.39 is 58.9 Å². The molecule has 8 N–H and O–H groups in total. The Bertz CT molecular complexity index is 3980. The number of benzene rings is 7. The lowest BCUT2D eigenvalue weighted by Crippen LogP contribution is -2.62. The molecule has 5 aliphatic rings. The largest absolute Gasteiger partial charge is 0.508 e. The third-order valence-electron chi connectivity index (χ3n) is 22.3. The second-order valence-corrected chi connectivity index (χ2v) is 32.8. The highest BCUT2D eigenvalue weighted by atomic mass is 33.1. The van der Waals surface area contributed by atoms with Gasteiger partial charge in [0.15, 0.2) is 35.6 Å². The first-order valence-corrected chi connectivity index (χ1v) is 39.5. The molecule has 3 heterocycles. The summed E-state index contributed by atoms with van der Waals surface area (Å²) < 4.78 is 19.2. The minimum Gasteiger partial charge on any atom is -0.508 e. The molecular formula is C80H92N2O10S4. The standard InChI is InChI=1S/C80H92N2O10S4/c1-4-52-23-24-53-20-12-21-64-72(44-83)96-95-46-60-37-73(87)80(67-47-94-93-45-58-19-10-11-22-69(58)92-71-36-57(67)26-28-70(71)91-48-84,78(89)75(60)76(88)59(34-51-29-31-82-43-51)35-56-25-27-68(86)77(90-3)66(56)41-65(52)74(53)64)62-38-61(39-63(85)40-62)79(81-2)30-13-16-50(42-79)33-55-18-9-8-17-54(55)32-49-14-6-5-7-15-49/h5-9,12,14-15,17-18,20-21,23-29,31,36,38-40,43,50,58-60,67,69,72-73,75-76,81-88H,4,10-11,13,16,19,22,30,32-35,37,41-42,44-48H2,1-3H3. The maximum absolute atomic E-state index is 18.0. The molecule has 0 saturated heterocycles. The van der Waals surface area contributed by atoms with Gasteiger partial charge in [-0.3, -0.25) is 4.79 Å². The molecule has 3 fully saturated rings. The maximum atomic E-state index is 18.0. The number of H-pyrrole nitrogens is 1. The van der Waals surface area contributed by atoms with Crippen molar-refractivity contribution in [2.24, 2.45) is 29.6 Å². The molecule has 96 heavy (non-hydrogen) atoms.